The molecule has 1 aromatic heterocycles. The van der Waals surface area contributed by atoms with Crippen LogP contribution in [-0.4, -0.2) is 47.9 Å². The molecule has 0 radical (unpaired) electrons. The Morgan fingerprint density at radius 2 is 1.96 bits per heavy atom. The third kappa shape index (κ3) is 6.91. The number of rotatable bonds is 10. The number of carbonyl (C=O) groups is 1. The second kappa shape index (κ2) is 10.6. The van der Waals surface area contributed by atoms with Crippen LogP contribution in [0.3, 0.4) is 0 Å². The van der Waals surface area contributed by atoms with E-state index < -0.39 is 0 Å². The fourth-order valence-corrected chi connectivity index (χ4v) is 3.49. The van der Waals surface area contributed by atoms with Gasteiger partial charge in [-0.15, -0.1) is 11.3 Å². The number of hydrogen-bond acceptors (Lipinski definition) is 5. The van der Waals surface area contributed by atoms with E-state index in [4.69, 9.17) is 9.72 Å². The summed E-state index contributed by atoms with van der Waals surface area (Å²) in [6.45, 7) is 10.9. The number of amides is 1. The molecule has 0 aliphatic heterocycles. The van der Waals surface area contributed by atoms with Crippen molar-refractivity contribution in [1.29, 1.82) is 0 Å². The molecule has 5 nitrogen and oxygen atoms in total. The summed E-state index contributed by atoms with van der Waals surface area (Å²) < 4.78 is 5.96. The van der Waals surface area contributed by atoms with E-state index in [0.717, 1.165) is 28.6 Å². The zero-order valence-electron chi connectivity index (χ0n) is 18.0. The molecular weight excluding hydrogens is 370 g/mol. The lowest BCUT2D eigenvalue weighted by atomic mass is 10.1. The summed E-state index contributed by atoms with van der Waals surface area (Å²) in [4.78, 5) is 21.3. The van der Waals surface area contributed by atoms with Crippen molar-refractivity contribution in [2.45, 2.75) is 47.3 Å². The van der Waals surface area contributed by atoms with Crippen LogP contribution in [0, 0.1) is 19.8 Å². The van der Waals surface area contributed by atoms with Crippen molar-refractivity contribution in [2.24, 2.45) is 5.92 Å². The van der Waals surface area contributed by atoms with Crippen LogP contribution < -0.4 is 4.74 Å². The lowest BCUT2D eigenvalue weighted by Crippen LogP contribution is -2.36. The monoisotopic (exact) mass is 403 g/mol. The molecule has 6 heteroatoms. The average Bonchev–Trinajstić information content (AvgIpc) is 3.06. The average molecular weight is 404 g/mol. The van der Waals surface area contributed by atoms with E-state index in [2.05, 4.69) is 38.7 Å². The van der Waals surface area contributed by atoms with Gasteiger partial charge >= 0.3 is 0 Å². The summed E-state index contributed by atoms with van der Waals surface area (Å²) in [5.74, 6) is 1.45. The minimum atomic E-state index is 0.193. The lowest BCUT2D eigenvalue weighted by molar-refractivity contribution is -0.132. The van der Waals surface area contributed by atoms with Gasteiger partial charge in [-0.2, -0.15) is 0 Å². The topological polar surface area (TPSA) is 45.7 Å². The van der Waals surface area contributed by atoms with Gasteiger partial charge in [0.1, 0.15) is 17.4 Å². The minimum Gasteiger partial charge on any atom is -0.486 e. The lowest BCUT2D eigenvalue weighted by Gasteiger charge is -2.24. The molecular formula is C22H33N3O2S. The smallest absolute Gasteiger partial charge is 0.223 e. The van der Waals surface area contributed by atoms with Gasteiger partial charge in [0, 0.05) is 24.9 Å². The summed E-state index contributed by atoms with van der Waals surface area (Å²) in [7, 11) is 4.05. The Labute approximate surface area is 173 Å². The van der Waals surface area contributed by atoms with Crippen LogP contribution in [0.25, 0.3) is 0 Å². The molecule has 0 bridgehead atoms. The number of likely N-dealkylation sites (N-methyl/N-ethyl adjacent to an activating group) is 1. The molecule has 0 unspecified atom stereocenters. The van der Waals surface area contributed by atoms with Crippen molar-refractivity contribution in [2.75, 3.05) is 27.2 Å². The van der Waals surface area contributed by atoms with Gasteiger partial charge in [-0.25, -0.2) is 4.98 Å². The van der Waals surface area contributed by atoms with Gasteiger partial charge in [0.05, 0.1) is 12.2 Å². The molecule has 1 heterocycles. The first-order chi connectivity index (χ1) is 13.3. The number of hydrogen-bond donors (Lipinski definition) is 0. The number of carbonyl (C=O) groups excluding carboxylic acids is 1. The molecule has 0 atom stereocenters. The van der Waals surface area contributed by atoms with Crippen molar-refractivity contribution in [3.8, 4) is 5.75 Å². The number of ether oxygens (including phenoxy) is 1. The van der Waals surface area contributed by atoms with Crippen molar-refractivity contribution < 1.29 is 9.53 Å². The number of benzene rings is 1. The fraction of sp³-hybridized carbons (Fsp3) is 0.545. The van der Waals surface area contributed by atoms with E-state index in [0.29, 0.717) is 32.0 Å². The predicted molar refractivity (Wildman–Crippen MR) is 116 cm³/mol. The van der Waals surface area contributed by atoms with Crippen molar-refractivity contribution in [1.82, 2.24) is 14.8 Å². The Kier molecular flexibility index (Phi) is 8.45. The van der Waals surface area contributed by atoms with Gasteiger partial charge in [0.25, 0.3) is 0 Å². The summed E-state index contributed by atoms with van der Waals surface area (Å²) >= 11 is 1.59. The molecule has 0 fully saturated rings. The van der Waals surface area contributed by atoms with E-state index in [1.807, 2.05) is 36.5 Å². The van der Waals surface area contributed by atoms with Crippen LogP contribution >= 0.6 is 11.3 Å². The van der Waals surface area contributed by atoms with Crippen molar-refractivity contribution in [3.05, 3.63) is 45.4 Å². The van der Waals surface area contributed by atoms with Crippen LogP contribution in [0.4, 0.5) is 0 Å². The predicted octanol–water partition coefficient (Wildman–Crippen LogP) is 4.28. The molecule has 0 aliphatic rings. The maximum absolute atomic E-state index is 12.6. The largest absolute Gasteiger partial charge is 0.486 e. The highest BCUT2D eigenvalue weighted by molar-refractivity contribution is 7.09. The van der Waals surface area contributed by atoms with Gasteiger partial charge in [-0.1, -0.05) is 26.0 Å². The van der Waals surface area contributed by atoms with Crippen molar-refractivity contribution in [3.63, 3.8) is 0 Å². The molecule has 0 N–H and O–H groups in total. The quantitative estimate of drug-likeness (QED) is 0.594. The second-order valence-corrected chi connectivity index (χ2v) is 8.88. The molecule has 1 amide bonds. The molecule has 154 valence electrons. The van der Waals surface area contributed by atoms with Crippen LogP contribution in [0.15, 0.2) is 23.6 Å². The van der Waals surface area contributed by atoms with E-state index in [1.54, 1.807) is 11.3 Å². The van der Waals surface area contributed by atoms with Crippen LogP contribution in [0.5, 0.6) is 5.75 Å². The van der Waals surface area contributed by atoms with Gasteiger partial charge in [-0.3, -0.25) is 4.79 Å². The summed E-state index contributed by atoms with van der Waals surface area (Å²) in [5, 5.41) is 2.97. The highest BCUT2D eigenvalue weighted by Gasteiger charge is 2.17. The number of aryl methyl sites for hydroxylation is 1. The maximum atomic E-state index is 12.6. The third-order valence-electron chi connectivity index (χ3n) is 4.61. The van der Waals surface area contributed by atoms with Crippen LogP contribution in [0.2, 0.25) is 0 Å². The van der Waals surface area contributed by atoms with Crippen LogP contribution in [0.1, 0.15) is 42.1 Å². The second-order valence-electron chi connectivity index (χ2n) is 7.94. The first kappa shape index (κ1) is 22.4. The zero-order chi connectivity index (χ0) is 20.7. The van der Waals surface area contributed by atoms with Crippen LogP contribution in [-0.2, 0) is 17.9 Å². The highest BCUT2D eigenvalue weighted by atomic mass is 32.1. The van der Waals surface area contributed by atoms with Crippen molar-refractivity contribution >= 4 is 17.2 Å². The number of aromatic nitrogens is 1. The Balaban J connectivity index is 1.99. The van der Waals surface area contributed by atoms with Gasteiger partial charge in [0.2, 0.25) is 5.91 Å². The van der Waals surface area contributed by atoms with Gasteiger partial charge < -0.3 is 14.5 Å². The Morgan fingerprint density at radius 1 is 1.21 bits per heavy atom. The fourth-order valence-electron chi connectivity index (χ4n) is 2.79. The molecule has 0 aliphatic carbocycles. The summed E-state index contributed by atoms with van der Waals surface area (Å²) in [5.41, 5.74) is 3.31. The number of thiazole rings is 1. The van der Waals surface area contributed by atoms with E-state index in [-0.39, 0.29) is 5.91 Å². The summed E-state index contributed by atoms with van der Waals surface area (Å²) in [6.07, 6.45) is 0.570. The SMILES string of the molecule is Cc1cccc(OCc2nc(CN(CCN(C)C)C(=O)CC(C)C)cs2)c1C. The van der Waals surface area contributed by atoms with Gasteiger partial charge in [-0.05, 0) is 51.1 Å². The minimum absolute atomic E-state index is 0.193. The molecule has 1 aromatic carbocycles. The number of nitrogens with zero attached hydrogens (tertiary/aromatic N) is 3. The Bertz CT molecular complexity index is 771. The molecule has 2 aromatic rings. The molecule has 2 rings (SSSR count). The standard InChI is InChI=1S/C22H33N3O2S/c1-16(2)12-22(26)25(11-10-24(5)6)13-19-15-28-21(23-19)14-27-20-9-7-8-17(3)18(20)4/h7-9,15-16H,10-14H2,1-6H3. The molecule has 0 saturated heterocycles. The molecule has 0 saturated carbocycles. The zero-order valence-corrected chi connectivity index (χ0v) is 18.8. The summed E-state index contributed by atoms with van der Waals surface area (Å²) in [6, 6.07) is 6.08. The Morgan fingerprint density at radius 3 is 2.64 bits per heavy atom. The van der Waals surface area contributed by atoms with Gasteiger partial charge in [0.15, 0.2) is 0 Å². The molecule has 28 heavy (non-hydrogen) atoms. The first-order valence-corrected chi connectivity index (χ1v) is 10.7. The third-order valence-corrected chi connectivity index (χ3v) is 5.48. The van der Waals surface area contributed by atoms with E-state index in [9.17, 15) is 4.79 Å². The van der Waals surface area contributed by atoms with E-state index in [1.165, 1.54) is 5.56 Å². The van der Waals surface area contributed by atoms with E-state index >= 15 is 0 Å². The normalized spacial score (nSPS) is 11.3. The highest BCUT2D eigenvalue weighted by Crippen LogP contribution is 2.22. The maximum Gasteiger partial charge on any atom is 0.223 e. The first-order valence-electron chi connectivity index (χ1n) is 9.81. The Hall–Kier alpha value is -1.92. The molecule has 0 spiro atoms.